The predicted molar refractivity (Wildman–Crippen MR) is 101 cm³/mol. The summed E-state index contributed by atoms with van der Waals surface area (Å²) in [5.41, 5.74) is -1.93. The van der Waals surface area contributed by atoms with Gasteiger partial charge in [0, 0.05) is 18.9 Å². The van der Waals surface area contributed by atoms with Gasteiger partial charge in [0.05, 0.1) is 5.69 Å². The van der Waals surface area contributed by atoms with Crippen LogP contribution in [0.4, 0.5) is 11.5 Å². The van der Waals surface area contributed by atoms with Gasteiger partial charge in [0.25, 0.3) is 5.91 Å². The van der Waals surface area contributed by atoms with Gasteiger partial charge in [-0.25, -0.2) is 4.98 Å². The van der Waals surface area contributed by atoms with E-state index in [0.717, 1.165) is 12.8 Å². The van der Waals surface area contributed by atoms with Gasteiger partial charge in [-0.1, -0.05) is 56.7 Å². The number of pyridine rings is 1. The summed E-state index contributed by atoms with van der Waals surface area (Å²) in [7, 11) is 1.46. The van der Waals surface area contributed by atoms with Crippen LogP contribution in [0.2, 0.25) is 0 Å². The van der Waals surface area contributed by atoms with Crippen LogP contribution in [0.15, 0.2) is 61.3 Å². The van der Waals surface area contributed by atoms with E-state index >= 15 is 0 Å². The molecule has 2 aromatic rings. The summed E-state index contributed by atoms with van der Waals surface area (Å²) < 4.78 is 5.77. The molecule has 136 valence electrons. The number of carbonyl (C=O) groups excluding carboxylic acids is 1. The van der Waals surface area contributed by atoms with Gasteiger partial charge in [-0.2, -0.15) is 0 Å². The number of rotatable bonds is 6. The minimum atomic E-state index is -1.66. The van der Waals surface area contributed by atoms with Crippen LogP contribution >= 0.6 is 0 Å². The molecule has 2 atom stereocenters. The summed E-state index contributed by atoms with van der Waals surface area (Å²) in [6, 6.07) is 12.8. The molecule has 1 amide bonds. The molecule has 1 aromatic carbocycles. The molecule has 1 aliphatic heterocycles. The number of benzene rings is 1. The fourth-order valence-corrected chi connectivity index (χ4v) is 3.69. The van der Waals surface area contributed by atoms with Crippen LogP contribution in [0.25, 0.3) is 0 Å². The Kier molecular flexibility index (Phi) is 4.94. The number of fused-ring (bicyclic) bond motifs is 1. The molecule has 5 nitrogen and oxygen atoms in total. The van der Waals surface area contributed by atoms with E-state index < -0.39 is 11.2 Å². The summed E-state index contributed by atoms with van der Waals surface area (Å²) in [6.07, 6.45) is 4.98. The molecule has 26 heavy (non-hydrogen) atoms. The summed E-state index contributed by atoms with van der Waals surface area (Å²) in [5, 5.41) is 11.6. The second-order valence-electron chi connectivity index (χ2n) is 6.46. The Labute approximate surface area is 153 Å². The van der Waals surface area contributed by atoms with Gasteiger partial charge in [-0.15, -0.1) is 0 Å². The number of methoxy groups -OCH3 is 1. The molecule has 3 rings (SSSR count). The Balaban J connectivity index is 2.30. The smallest absolute Gasteiger partial charge is 0.268 e. The maximum absolute atomic E-state index is 13.7. The van der Waals surface area contributed by atoms with Crippen molar-refractivity contribution in [3.63, 3.8) is 0 Å². The highest BCUT2D eigenvalue weighted by Gasteiger charge is 2.62. The van der Waals surface area contributed by atoms with Crippen LogP contribution in [-0.4, -0.2) is 28.7 Å². The van der Waals surface area contributed by atoms with E-state index in [2.05, 4.69) is 11.6 Å². The first-order chi connectivity index (χ1) is 12.6. The lowest BCUT2D eigenvalue weighted by Gasteiger charge is -2.50. The van der Waals surface area contributed by atoms with Crippen LogP contribution in [-0.2, 0) is 15.1 Å². The summed E-state index contributed by atoms with van der Waals surface area (Å²) >= 11 is 0. The van der Waals surface area contributed by atoms with Crippen LogP contribution < -0.4 is 4.90 Å². The summed E-state index contributed by atoms with van der Waals surface area (Å²) in [5.74, 6) is 0.0588. The van der Waals surface area contributed by atoms with Crippen LogP contribution in [0.1, 0.15) is 31.7 Å². The van der Waals surface area contributed by atoms with E-state index in [-0.39, 0.29) is 5.91 Å². The first-order valence-electron chi connectivity index (χ1n) is 8.82. The van der Waals surface area contributed by atoms with Gasteiger partial charge in [-0.3, -0.25) is 9.69 Å². The van der Waals surface area contributed by atoms with Crippen LogP contribution in [0, 0.1) is 0 Å². The third kappa shape index (κ3) is 2.47. The zero-order chi connectivity index (χ0) is 18.8. The lowest BCUT2D eigenvalue weighted by atomic mass is 9.71. The molecular weight excluding hydrogens is 328 g/mol. The zero-order valence-corrected chi connectivity index (χ0v) is 15.2. The van der Waals surface area contributed by atoms with Crippen molar-refractivity contribution in [3.05, 3.63) is 66.9 Å². The molecule has 5 heteroatoms. The highest BCUT2D eigenvalue weighted by molar-refractivity contribution is 6.08. The van der Waals surface area contributed by atoms with Crippen molar-refractivity contribution in [3.8, 4) is 0 Å². The zero-order valence-electron chi connectivity index (χ0n) is 15.2. The average Bonchev–Trinajstić information content (AvgIpc) is 2.69. The van der Waals surface area contributed by atoms with E-state index in [1.54, 1.807) is 18.3 Å². The number of nitrogens with zero attached hydrogens (tertiary/aromatic N) is 2. The first-order valence-corrected chi connectivity index (χ1v) is 8.82. The summed E-state index contributed by atoms with van der Waals surface area (Å²) in [6.45, 7) is 5.85. The summed E-state index contributed by atoms with van der Waals surface area (Å²) in [4.78, 5) is 19.6. The fourth-order valence-electron chi connectivity index (χ4n) is 3.69. The standard InChI is InChI=1S/C21H24N2O3/c1-4-6-14-21(26-3)19(24)23(16-11-8-7-9-12-16)18-17(13-10-15-22-18)20(21,25)5-2/h5,7-13,15,25H,2,4,6,14H2,1,3H3. The van der Waals surface area contributed by atoms with Gasteiger partial charge in [-0.05, 0) is 24.6 Å². The Hall–Kier alpha value is -2.50. The lowest BCUT2D eigenvalue weighted by Crippen LogP contribution is -2.65. The number of para-hydroxylation sites is 1. The predicted octanol–water partition coefficient (Wildman–Crippen LogP) is 3.71. The van der Waals surface area contributed by atoms with Gasteiger partial charge in [0.2, 0.25) is 0 Å². The lowest BCUT2D eigenvalue weighted by molar-refractivity contribution is -0.178. The third-order valence-electron chi connectivity index (χ3n) is 5.11. The van der Waals surface area contributed by atoms with Crippen LogP contribution in [0.5, 0.6) is 0 Å². The van der Waals surface area contributed by atoms with Crippen molar-refractivity contribution >= 4 is 17.4 Å². The SMILES string of the molecule is C=CC1(O)c2cccnc2N(c2ccccc2)C(=O)C1(CCCC)OC. The molecule has 1 N–H and O–H groups in total. The number of amides is 1. The van der Waals surface area contributed by atoms with Gasteiger partial charge >= 0.3 is 0 Å². The normalized spacial score (nSPS) is 25.0. The highest BCUT2D eigenvalue weighted by atomic mass is 16.5. The van der Waals surface area contributed by atoms with Gasteiger partial charge in [0.15, 0.2) is 5.60 Å². The number of ether oxygens (including phenoxy) is 1. The second-order valence-corrected chi connectivity index (χ2v) is 6.46. The Morgan fingerprint density at radius 2 is 2.00 bits per heavy atom. The number of hydrogen-bond donors (Lipinski definition) is 1. The van der Waals surface area contributed by atoms with E-state index in [0.29, 0.717) is 23.5 Å². The molecule has 0 saturated carbocycles. The number of aliphatic hydroxyl groups is 1. The number of anilines is 2. The molecule has 1 aromatic heterocycles. The minimum Gasteiger partial charge on any atom is -0.377 e. The molecule has 2 unspecified atom stereocenters. The highest BCUT2D eigenvalue weighted by Crippen LogP contribution is 2.50. The molecule has 0 spiro atoms. The van der Waals surface area contributed by atoms with Gasteiger partial charge in [0.1, 0.15) is 11.4 Å². The first kappa shape index (κ1) is 18.3. The third-order valence-corrected chi connectivity index (χ3v) is 5.11. The molecule has 0 aliphatic carbocycles. The van der Waals surface area contributed by atoms with Crippen molar-refractivity contribution in [2.45, 2.75) is 37.4 Å². The molecule has 0 radical (unpaired) electrons. The van der Waals surface area contributed by atoms with E-state index in [1.807, 2.05) is 37.3 Å². The minimum absolute atomic E-state index is 0.340. The Bertz CT molecular complexity index is 808. The number of unbranched alkanes of at least 4 members (excludes halogenated alkanes) is 1. The Morgan fingerprint density at radius 3 is 2.62 bits per heavy atom. The van der Waals surface area contributed by atoms with Crippen LogP contribution in [0.3, 0.4) is 0 Å². The number of carbonyl (C=O) groups is 1. The number of hydrogen-bond acceptors (Lipinski definition) is 4. The van der Waals surface area contributed by atoms with Gasteiger partial charge < -0.3 is 9.84 Å². The molecule has 0 fully saturated rings. The maximum atomic E-state index is 13.7. The fraction of sp³-hybridized carbons (Fsp3) is 0.333. The topological polar surface area (TPSA) is 62.7 Å². The quantitative estimate of drug-likeness (QED) is 0.805. The molecule has 2 heterocycles. The Morgan fingerprint density at radius 1 is 1.27 bits per heavy atom. The molecule has 0 bridgehead atoms. The maximum Gasteiger partial charge on any atom is 0.268 e. The van der Waals surface area contributed by atoms with Crippen molar-refractivity contribution < 1.29 is 14.6 Å². The van der Waals surface area contributed by atoms with E-state index in [1.165, 1.54) is 18.1 Å². The van der Waals surface area contributed by atoms with Crippen molar-refractivity contribution in [2.75, 3.05) is 12.0 Å². The van der Waals surface area contributed by atoms with Crippen molar-refractivity contribution in [1.82, 2.24) is 4.98 Å². The number of aromatic nitrogens is 1. The molecular formula is C21H24N2O3. The second kappa shape index (κ2) is 7.02. The van der Waals surface area contributed by atoms with Crippen molar-refractivity contribution in [2.24, 2.45) is 0 Å². The molecule has 0 saturated heterocycles. The monoisotopic (exact) mass is 352 g/mol. The van der Waals surface area contributed by atoms with E-state index in [4.69, 9.17) is 4.74 Å². The molecule has 1 aliphatic rings. The largest absolute Gasteiger partial charge is 0.377 e. The average molecular weight is 352 g/mol. The van der Waals surface area contributed by atoms with Crippen molar-refractivity contribution in [1.29, 1.82) is 0 Å². The van der Waals surface area contributed by atoms with E-state index in [9.17, 15) is 9.90 Å².